The Bertz CT molecular complexity index is 271. The smallest absolute Gasteiger partial charge is 0.256 e. The van der Waals surface area contributed by atoms with Crippen LogP contribution in [0.15, 0.2) is 16.7 Å². The van der Waals surface area contributed by atoms with Crippen LogP contribution in [0.1, 0.15) is 10.4 Å². The van der Waals surface area contributed by atoms with Crippen molar-refractivity contribution in [1.29, 1.82) is 0 Å². The maximum atomic E-state index is 11.1. The topological polar surface area (TPSA) is 62.5 Å². The van der Waals surface area contributed by atoms with Crippen LogP contribution in [0.25, 0.3) is 0 Å². The van der Waals surface area contributed by atoms with Gasteiger partial charge in [-0.1, -0.05) is 0 Å². The highest BCUT2D eigenvalue weighted by Gasteiger charge is 2.11. The van der Waals surface area contributed by atoms with E-state index in [1.165, 1.54) is 12.3 Å². The maximum Gasteiger partial charge on any atom is 0.256 e. The third-order valence-electron chi connectivity index (χ3n) is 1.26. The quantitative estimate of drug-likeness (QED) is 0.734. The standard InChI is InChI=1S/C7H8ClNO3/c8-6-5(1-4-12-6)7(11)9-2-3-10/h1,4,10H,2-3H2,(H,9,11). The first-order chi connectivity index (χ1) is 5.75. The van der Waals surface area contributed by atoms with E-state index in [1.807, 2.05) is 0 Å². The first-order valence-electron chi connectivity index (χ1n) is 3.37. The molecule has 2 N–H and O–H groups in total. The number of carbonyl (C=O) groups excluding carboxylic acids is 1. The summed E-state index contributed by atoms with van der Waals surface area (Å²) in [6.45, 7) is 0.113. The first kappa shape index (κ1) is 9.09. The second kappa shape index (κ2) is 4.13. The van der Waals surface area contributed by atoms with E-state index in [2.05, 4.69) is 5.32 Å². The Balaban J connectivity index is 2.59. The van der Waals surface area contributed by atoms with Gasteiger partial charge in [0, 0.05) is 6.54 Å². The van der Waals surface area contributed by atoms with Gasteiger partial charge >= 0.3 is 0 Å². The second-order valence-corrected chi connectivity index (χ2v) is 2.43. The van der Waals surface area contributed by atoms with E-state index in [0.29, 0.717) is 0 Å². The fourth-order valence-electron chi connectivity index (χ4n) is 0.720. The third-order valence-corrected chi connectivity index (χ3v) is 1.55. The van der Waals surface area contributed by atoms with Gasteiger partial charge in [0.25, 0.3) is 5.91 Å². The summed E-state index contributed by atoms with van der Waals surface area (Å²) in [4.78, 5) is 11.1. The number of aliphatic hydroxyl groups excluding tert-OH is 1. The van der Waals surface area contributed by atoms with Crippen LogP contribution >= 0.6 is 11.6 Å². The predicted molar refractivity (Wildman–Crippen MR) is 43.1 cm³/mol. The monoisotopic (exact) mass is 189 g/mol. The molecule has 0 spiro atoms. The van der Waals surface area contributed by atoms with Crippen molar-refractivity contribution in [3.8, 4) is 0 Å². The minimum atomic E-state index is -0.345. The largest absolute Gasteiger partial charge is 0.452 e. The van der Waals surface area contributed by atoms with Crippen LogP contribution in [0.5, 0.6) is 0 Å². The molecule has 5 heteroatoms. The Morgan fingerprint density at radius 1 is 1.75 bits per heavy atom. The predicted octanol–water partition coefficient (Wildman–Crippen LogP) is 0.655. The van der Waals surface area contributed by atoms with E-state index < -0.39 is 0 Å². The van der Waals surface area contributed by atoms with E-state index in [-0.39, 0.29) is 29.8 Å². The van der Waals surface area contributed by atoms with E-state index in [0.717, 1.165) is 0 Å². The van der Waals surface area contributed by atoms with Gasteiger partial charge in [0.2, 0.25) is 5.22 Å². The lowest BCUT2D eigenvalue weighted by Crippen LogP contribution is -2.26. The molecule has 0 radical (unpaired) electrons. The number of nitrogens with one attached hydrogen (secondary N) is 1. The summed E-state index contributed by atoms with van der Waals surface area (Å²) in [5.74, 6) is -0.345. The number of hydrogen-bond acceptors (Lipinski definition) is 3. The van der Waals surface area contributed by atoms with Gasteiger partial charge in [0.05, 0.1) is 18.4 Å². The summed E-state index contributed by atoms with van der Waals surface area (Å²) in [5, 5.41) is 10.9. The summed E-state index contributed by atoms with van der Waals surface area (Å²) >= 11 is 5.52. The zero-order valence-electron chi connectivity index (χ0n) is 6.21. The molecule has 0 saturated heterocycles. The minimum absolute atomic E-state index is 0.0606. The molecule has 1 amide bonds. The molecule has 0 aliphatic carbocycles. The fraction of sp³-hybridized carbons (Fsp3) is 0.286. The Hall–Kier alpha value is -1.00. The van der Waals surface area contributed by atoms with E-state index in [9.17, 15) is 4.79 Å². The molecule has 12 heavy (non-hydrogen) atoms. The highest BCUT2D eigenvalue weighted by atomic mass is 35.5. The van der Waals surface area contributed by atoms with Crippen molar-refractivity contribution in [3.63, 3.8) is 0 Å². The average molecular weight is 190 g/mol. The van der Waals surface area contributed by atoms with E-state index >= 15 is 0 Å². The molecule has 0 atom stereocenters. The van der Waals surface area contributed by atoms with Crippen molar-refractivity contribution in [1.82, 2.24) is 5.32 Å². The van der Waals surface area contributed by atoms with E-state index in [1.54, 1.807) is 0 Å². The van der Waals surface area contributed by atoms with Gasteiger partial charge in [-0.25, -0.2) is 0 Å². The number of hydrogen-bond donors (Lipinski definition) is 2. The molecule has 1 rings (SSSR count). The molecule has 0 saturated carbocycles. The number of rotatable bonds is 3. The lowest BCUT2D eigenvalue weighted by Gasteiger charge is -1.99. The lowest BCUT2D eigenvalue weighted by atomic mass is 10.3. The zero-order valence-corrected chi connectivity index (χ0v) is 6.97. The summed E-state index contributed by atoms with van der Waals surface area (Å²) in [6, 6.07) is 1.47. The van der Waals surface area contributed by atoms with Crippen LogP contribution in [-0.2, 0) is 0 Å². The zero-order chi connectivity index (χ0) is 8.97. The average Bonchev–Trinajstić information content (AvgIpc) is 2.47. The normalized spacial score (nSPS) is 9.83. The van der Waals surface area contributed by atoms with Gasteiger partial charge < -0.3 is 14.8 Å². The van der Waals surface area contributed by atoms with Crippen molar-refractivity contribution in [2.24, 2.45) is 0 Å². The van der Waals surface area contributed by atoms with Gasteiger partial charge in [0.15, 0.2) is 0 Å². The summed E-state index contributed by atoms with van der Waals surface area (Å²) in [7, 11) is 0. The molecule has 1 aromatic rings. The van der Waals surface area contributed by atoms with Crippen molar-refractivity contribution in [2.75, 3.05) is 13.2 Å². The molecular formula is C7H8ClNO3. The maximum absolute atomic E-state index is 11.1. The van der Waals surface area contributed by atoms with Crippen LogP contribution in [0.3, 0.4) is 0 Å². The van der Waals surface area contributed by atoms with Crippen LogP contribution in [0.2, 0.25) is 5.22 Å². The fourth-order valence-corrected chi connectivity index (χ4v) is 0.921. The molecule has 0 aliphatic heterocycles. The molecule has 4 nitrogen and oxygen atoms in total. The van der Waals surface area contributed by atoms with Crippen LogP contribution < -0.4 is 5.32 Å². The van der Waals surface area contributed by atoms with Crippen LogP contribution in [0.4, 0.5) is 0 Å². The summed E-state index contributed by atoms with van der Waals surface area (Å²) in [5.41, 5.74) is 0.283. The van der Waals surface area contributed by atoms with Gasteiger partial charge in [-0.2, -0.15) is 0 Å². The molecule has 0 aliphatic rings. The number of aliphatic hydroxyl groups is 1. The molecule has 0 fully saturated rings. The minimum Gasteiger partial charge on any atom is -0.452 e. The Kier molecular flexibility index (Phi) is 3.13. The molecule has 66 valence electrons. The molecule has 0 bridgehead atoms. The van der Waals surface area contributed by atoms with Crippen molar-refractivity contribution in [3.05, 3.63) is 23.1 Å². The molecule has 1 heterocycles. The SMILES string of the molecule is O=C(NCCO)c1ccoc1Cl. The Labute approximate surface area is 74.1 Å². The highest BCUT2D eigenvalue weighted by molar-refractivity contribution is 6.32. The number of carbonyl (C=O) groups is 1. The summed E-state index contributed by atoms with van der Waals surface area (Å²) in [6.07, 6.45) is 1.33. The van der Waals surface area contributed by atoms with Gasteiger partial charge in [-0.05, 0) is 17.7 Å². The van der Waals surface area contributed by atoms with Crippen LogP contribution in [0, 0.1) is 0 Å². The number of halogens is 1. The molecule has 1 aromatic heterocycles. The second-order valence-electron chi connectivity index (χ2n) is 2.09. The lowest BCUT2D eigenvalue weighted by molar-refractivity contribution is 0.0944. The van der Waals surface area contributed by atoms with E-state index in [4.69, 9.17) is 21.1 Å². The number of amides is 1. The van der Waals surface area contributed by atoms with Crippen molar-refractivity contribution < 1.29 is 14.3 Å². The Morgan fingerprint density at radius 2 is 2.50 bits per heavy atom. The molecule has 0 aromatic carbocycles. The van der Waals surface area contributed by atoms with Gasteiger partial charge in [-0.15, -0.1) is 0 Å². The molecule has 0 unspecified atom stereocenters. The van der Waals surface area contributed by atoms with Gasteiger partial charge in [-0.3, -0.25) is 4.79 Å². The van der Waals surface area contributed by atoms with Crippen molar-refractivity contribution >= 4 is 17.5 Å². The summed E-state index contributed by atoms with van der Waals surface area (Å²) < 4.78 is 4.71. The van der Waals surface area contributed by atoms with Crippen LogP contribution in [-0.4, -0.2) is 24.2 Å². The third kappa shape index (κ3) is 1.99. The highest BCUT2D eigenvalue weighted by Crippen LogP contribution is 2.15. The molecular weight excluding hydrogens is 182 g/mol. The van der Waals surface area contributed by atoms with Crippen molar-refractivity contribution in [2.45, 2.75) is 0 Å². The first-order valence-corrected chi connectivity index (χ1v) is 3.75. The number of furan rings is 1. The Morgan fingerprint density at radius 3 is 3.00 bits per heavy atom. The van der Waals surface area contributed by atoms with Gasteiger partial charge in [0.1, 0.15) is 0 Å².